The van der Waals surface area contributed by atoms with Crippen LogP contribution in [-0.2, 0) is 4.79 Å². The molecular formula is C13H17N3OS. The van der Waals surface area contributed by atoms with Crippen molar-refractivity contribution in [2.45, 2.75) is 26.7 Å². The number of nitrogens with zero attached hydrogens (tertiary/aromatic N) is 1. The SMILES string of the molecule is Cc1ccncc1NC(=O)C1(C(N)=S)CC(C)C1. The molecule has 0 atom stereocenters. The third-order valence-electron chi connectivity index (χ3n) is 3.59. The Morgan fingerprint density at radius 2 is 2.28 bits per heavy atom. The average molecular weight is 263 g/mol. The van der Waals surface area contributed by atoms with Gasteiger partial charge in [-0.15, -0.1) is 0 Å². The van der Waals surface area contributed by atoms with E-state index in [2.05, 4.69) is 17.2 Å². The minimum atomic E-state index is -0.670. The molecule has 0 aromatic carbocycles. The number of carbonyl (C=O) groups excluding carboxylic acids is 1. The van der Waals surface area contributed by atoms with Crippen molar-refractivity contribution in [1.29, 1.82) is 0 Å². The number of carbonyl (C=O) groups is 1. The second-order valence-electron chi connectivity index (χ2n) is 5.10. The van der Waals surface area contributed by atoms with Gasteiger partial charge < -0.3 is 11.1 Å². The van der Waals surface area contributed by atoms with Gasteiger partial charge in [-0.25, -0.2) is 0 Å². The van der Waals surface area contributed by atoms with Crippen LogP contribution in [0, 0.1) is 18.3 Å². The Morgan fingerprint density at radius 3 is 2.78 bits per heavy atom. The van der Waals surface area contributed by atoms with E-state index in [4.69, 9.17) is 18.0 Å². The van der Waals surface area contributed by atoms with Crippen molar-refractivity contribution in [3.63, 3.8) is 0 Å². The molecule has 0 spiro atoms. The Bertz CT molecular complexity index is 495. The molecule has 1 aliphatic rings. The molecule has 3 N–H and O–H groups in total. The number of amides is 1. The molecule has 1 aliphatic carbocycles. The maximum Gasteiger partial charge on any atom is 0.237 e. The number of hydrogen-bond acceptors (Lipinski definition) is 3. The summed E-state index contributed by atoms with van der Waals surface area (Å²) in [5.74, 6) is 0.386. The molecule has 0 bridgehead atoms. The molecule has 0 saturated heterocycles. The average Bonchev–Trinajstić information content (AvgIpc) is 2.27. The van der Waals surface area contributed by atoms with Gasteiger partial charge in [0, 0.05) is 6.20 Å². The van der Waals surface area contributed by atoms with E-state index < -0.39 is 5.41 Å². The maximum atomic E-state index is 12.3. The first kappa shape index (κ1) is 13.0. The van der Waals surface area contributed by atoms with Crippen molar-refractivity contribution >= 4 is 28.8 Å². The minimum Gasteiger partial charge on any atom is -0.392 e. The van der Waals surface area contributed by atoms with E-state index in [1.807, 2.05) is 13.0 Å². The van der Waals surface area contributed by atoms with Crippen LogP contribution in [-0.4, -0.2) is 15.9 Å². The first-order valence-corrected chi connectivity index (χ1v) is 6.38. The molecule has 2 rings (SSSR count). The summed E-state index contributed by atoms with van der Waals surface area (Å²) in [6, 6.07) is 1.85. The molecule has 1 amide bonds. The van der Waals surface area contributed by atoms with E-state index >= 15 is 0 Å². The number of hydrogen-bond donors (Lipinski definition) is 2. The van der Waals surface area contributed by atoms with Crippen molar-refractivity contribution in [1.82, 2.24) is 4.98 Å². The van der Waals surface area contributed by atoms with E-state index in [-0.39, 0.29) is 5.91 Å². The van der Waals surface area contributed by atoms with Gasteiger partial charge in [0.1, 0.15) is 0 Å². The molecule has 5 heteroatoms. The first-order valence-electron chi connectivity index (χ1n) is 5.97. The van der Waals surface area contributed by atoms with E-state index in [9.17, 15) is 4.79 Å². The molecule has 1 saturated carbocycles. The minimum absolute atomic E-state index is 0.107. The van der Waals surface area contributed by atoms with Gasteiger partial charge in [0.25, 0.3) is 0 Å². The number of pyridine rings is 1. The molecule has 1 aromatic rings. The number of anilines is 1. The highest BCUT2D eigenvalue weighted by Gasteiger charge is 2.50. The van der Waals surface area contributed by atoms with Gasteiger partial charge in [-0.05, 0) is 37.3 Å². The third kappa shape index (κ3) is 2.10. The fourth-order valence-corrected chi connectivity index (χ4v) is 2.72. The van der Waals surface area contributed by atoms with Crippen LogP contribution in [0.2, 0.25) is 0 Å². The van der Waals surface area contributed by atoms with Crippen molar-refractivity contribution in [2.24, 2.45) is 17.1 Å². The largest absolute Gasteiger partial charge is 0.392 e. The predicted molar refractivity (Wildman–Crippen MR) is 75.2 cm³/mol. The molecular weight excluding hydrogens is 246 g/mol. The Balaban J connectivity index is 2.17. The molecule has 1 aromatic heterocycles. The molecule has 0 unspecified atom stereocenters. The zero-order chi connectivity index (χ0) is 13.3. The molecule has 96 valence electrons. The molecule has 18 heavy (non-hydrogen) atoms. The number of nitrogens with one attached hydrogen (secondary N) is 1. The lowest BCUT2D eigenvalue weighted by atomic mass is 9.62. The van der Waals surface area contributed by atoms with Crippen LogP contribution < -0.4 is 11.1 Å². The normalized spacial score (nSPS) is 26.2. The maximum absolute atomic E-state index is 12.3. The summed E-state index contributed by atoms with van der Waals surface area (Å²) < 4.78 is 0. The number of aryl methyl sites for hydroxylation is 1. The number of rotatable bonds is 3. The zero-order valence-corrected chi connectivity index (χ0v) is 11.4. The summed E-state index contributed by atoms with van der Waals surface area (Å²) in [5, 5.41) is 2.89. The van der Waals surface area contributed by atoms with E-state index in [1.165, 1.54) is 0 Å². The van der Waals surface area contributed by atoms with Crippen LogP contribution in [0.5, 0.6) is 0 Å². The summed E-state index contributed by atoms with van der Waals surface area (Å²) in [5.41, 5.74) is 6.77. The monoisotopic (exact) mass is 263 g/mol. The Kier molecular flexibility index (Phi) is 3.34. The fourth-order valence-electron chi connectivity index (χ4n) is 2.47. The highest BCUT2D eigenvalue weighted by Crippen LogP contribution is 2.46. The topological polar surface area (TPSA) is 68.0 Å². The lowest BCUT2D eigenvalue weighted by Gasteiger charge is -2.44. The molecule has 0 aliphatic heterocycles. The summed E-state index contributed by atoms with van der Waals surface area (Å²) in [4.78, 5) is 16.6. The third-order valence-corrected chi connectivity index (χ3v) is 3.98. The number of nitrogens with two attached hydrogens (primary N) is 1. The van der Waals surface area contributed by atoms with Gasteiger partial charge in [-0.3, -0.25) is 9.78 Å². The number of aromatic nitrogens is 1. The second kappa shape index (κ2) is 4.65. The van der Waals surface area contributed by atoms with Crippen LogP contribution in [0.4, 0.5) is 5.69 Å². The van der Waals surface area contributed by atoms with Gasteiger partial charge in [-0.2, -0.15) is 0 Å². The highest BCUT2D eigenvalue weighted by atomic mass is 32.1. The van der Waals surface area contributed by atoms with E-state index in [1.54, 1.807) is 12.4 Å². The summed E-state index contributed by atoms with van der Waals surface area (Å²) in [6.45, 7) is 4.02. The Hall–Kier alpha value is -1.49. The quantitative estimate of drug-likeness (QED) is 0.819. The van der Waals surface area contributed by atoms with E-state index in [0.29, 0.717) is 10.9 Å². The van der Waals surface area contributed by atoms with Crippen molar-refractivity contribution in [3.05, 3.63) is 24.0 Å². The lowest BCUT2D eigenvalue weighted by molar-refractivity contribution is -0.127. The summed E-state index contributed by atoms with van der Waals surface area (Å²) in [6.07, 6.45) is 4.79. The molecule has 1 fully saturated rings. The van der Waals surface area contributed by atoms with Crippen molar-refractivity contribution in [2.75, 3.05) is 5.32 Å². The van der Waals surface area contributed by atoms with Crippen molar-refractivity contribution in [3.8, 4) is 0 Å². The molecule has 1 heterocycles. The van der Waals surface area contributed by atoms with Crippen LogP contribution >= 0.6 is 12.2 Å². The predicted octanol–water partition coefficient (Wildman–Crippen LogP) is 2.03. The zero-order valence-electron chi connectivity index (χ0n) is 10.6. The smallest absolute Gasteiger partial charge is 0.237 e. The van der Waals surface area contributed by atoms with Crippen molar-refractivity contribution < 1.29 is 4.79 Å². The van der Waals surface area contributed by atoms with E-state index in [0.717, 1.165) is 24.1 Å². The summed E-state index contributed by atoms with van der Waals surface area (Å²) in [7, 11) is 0. The highest BCUT2D eigenvalue weighted by molar-refractivity contribution is 7.80. The standard InChI is InChI=1S/C13H17N3OS/c1-8-5-13(6-8,11(14)18)12(17)16-10-7-15-4-3-9(10)2/h3-4,7-8H,5-6H2,1-2H3,(H2,14,18)(H,16,17). The first-order chi connectivity index (χ1) is 8.45. The Labute approximate surface area is 112 Å². The van der Waals surface area contributed by atoms with Crippen LogP contribution in [0.3, 0.4) is 0 Å². The van der Waals surface area contributed by atoms with Crippen LogP contribution in [0.1, 0.15) is 25.3 Å². The molecule has 4 nitrogen and oxygen atoms in total. The van der Waals surface area contributed by atoms with Gasteiger partial charge >= 0.3 is 0 Å². The summed E-state index contributed by atoms with van der Waals surface area (Å²) >= 11 is 5.06. The van der Waals surface area contributed by atoms with Gasteiger partial charge in [0.15, 0.2) is 0 Å². The second-order valence-corrected chi connectivity index (χ2v) is 5.54. The van der Waals surface area contributed by atoms with Gasteiger partial charge in [0.2, 0.25) is 5.91 Å². The Morgan fingerprint density at radius 1 is 1.61 bits per heavy atom. The fraction of sp³-hybridized carbons (Fsp3) is 0.462. The molecule has 0 radical (unpaired) electrons. The van der Waals surface area contributed by atoms with Gasteiger partial charge in [0.05, 0.1) is 22.3 Å². The number of thiocarbonyl (C=S) groups is 1. The van der Waals surface area contributed by atoms with Crippen LogP contribution in [0.25, 0.3) is 0 Å². The van der Waals surface area contributed by atoms with Gasteiger partial charge in [-0.1, -0.05) is 19.1 Å². The van der Waals surface area contributed by atoms with Crippen LogP contribution in [0.15, 0.2) is 18.5 Å². The lowest BCUT2D eigenvalue weighted by Crippen LogP contribution is -2.53.